The van der Waals surface area contributed by atoms with Crippen molar-refractivity contribution >= 4 is 35.2 Å². The minimum atomic E-state index is -2.74. The van der Waals surface area contributed by atoms with Crippen LogP contribution in [0.15, 0.2) is 29.1 Å². The number of piperidine rings is 1. The van der Waals surface area contributed by atoms with E-state index in [0.717, 1.165) is 42.8 Å². The first-order chi connectivity index (χ1) is 18.9. The molecule has 1 fully saturated rings. The first kappa shape index (κ1) is 31.1. The highest BCUT2D eigenvalue weighted by atomic mass is 32.1. The van der Waals surface area contributed by atoms with Crippen LogP contribution in [0.2, 0.25) is 0 Å². The van der Waals surface area contributed by atoms with Crippen LogP contribution in [0.4, 0.5) is 4.39 Å². The first-order valence-corrected chi connectivity index (χ1v) is 13.4. The van der Waals surface area contributed by atoms with Gasteiger partial charge in [-0.15, -0.1) is 11.3 Å². The number of benzene rings is 1. The number of amides is 1. The van der Waals surface area contributed by atoms with Crippen LogP contribution in [-0.4, -0.2) is 86.4 Å². The van der Waals surface area contributed by atoms with Gasteiger partial charge in [-0.1, -0.05) is 6.07 Å². The molecule has 2 aliphatic rings. The molecule has 12 nitrogen and oxygen atoms in total. The van der Waals surface area contributed by atoms with Crippen LogP contribution in [0.5, 0.6) is 0 Å². The molecule has 0 bridgehead atoms. The lowest BCUT2D eigenvalue weighted by molar-refractivity contribution is -0.170. The molecular weight excluding hydrogens is 549 g/mol. The minimum absolute atomic E-state index is 0.0489. The van der Waals surface area contributed by atoms with Gasteiger partial charge in [0.2, 0.25) is 5.91 Å². The van der Waals surface area contributed by atoms with Crippen LogP contribution in [-0.2, 0) is 42.5 Å². The second-order valence-electron chi connectivity index (χ2n) is 9.86. The SMILES string of the molecule is CNC(=O)C(Cc1cscn1)CN1CCC2(CC1)OCc1ccc(F)cc12.O=C(O)CC(O)(CC(=O)O)C(=O)O. The number of halogens is 1. The molecule has 40 heavy (non-hydrogen) atoms. The van der Waals surface area contributed by atoms with Gasteiger partial charge in [0.15, 0.2) is 5.60 Å². The summed E-state index contributed by atoms with van der Waals surface area (Å²) in [5, 5.41) is 38.6. The second-order valence-corrected chi connectivity index (χ2v) is 10.6. The predicted octanol–water partition coefficient (Wildman–Crippen LogP) is 1.46. The Balaban J connectivity index is 0.000000289. The van der Waals surface area contributed by atoms with Crippen molar-refractivity contribution in [2.75, 3.05) is 26.7 Å². The van der Waals surface area contributed by atoms with Gasteiger partial charge in [0, 0.05) is 38.5 Å². The molecule has 14 heteroatoms. The Kier molecular flexibility index (Phi) is 10.3. The number of hydrogen-bond donors (Lipinski definition) is 5. The number of carboxylic acids is 3. The number of aliphatic hydroxyl groups is 1. The van der Waals surface area contributed by atoms with Crippen molar-refractivity contribution in [1.29, 1.82) is 0 Å². The maximum absolute atomic E-state index is 13.7. The number of likely N-dealkylation sites (tertiary alicyclic amines) is 1. The highest BCUT2D eigenvalue weighted by Gasteiger charge is 2.43. The molecule has 2 aromatic rings. The molecule has 3 heterocycles. The molecule has 218 valence electrons. The number of ether oxygens (including phenoxy) is 1. The number of carboxylic acid groups (broad SMARTS) is 3. The van der Waals surface area contributed by atoms with E-state index in [1.807, 2.05) is 11.4 Å². The number of hydrogen-bond acceptors (Lipinski definition) is 9. The number of fused-ring (bicyclic) bond motifs is 2. The highest BCUT2D eigenvalue weighted by molar-refractivity contribution is 7.07. The van der Waals surface area contributed by atoms with Crippen molar-refractivity contribution < 1.29 is 48.7 Å². The van der Waals surface area contributed by atoms with Crippen LogP contribution in [0.1, 0.15) is 42.5 Å². The fraction of sp³-hybridized carbons (Fsp3) is 0.500. The van der Waals surface area contributed by atoms with Gasteiger partial charge in [0.1, 0.15) is 5.82 Å². The summed E-state index contributed by atoms with van der Waals surface area (Å²) in [6, 6.07) is 4.97. The Bertz CT molecular complexity index is 1200. The average molecular weight is 582 g/mol. The largest absolute Gasteiger partial charge is 0.481 e. The number of thiazole rings is 1. The maximum Gasteiger partial charge on any atom is 0.336 e. The summed E-state index contributed by atoms with van der Waals surface area (Å²) in [7, 11) is 1.68. The zero-order valence-electron chi connectivity index (χ0n) is 21.8. The lowest BCUT2D eigenvalue weighted by Crippen LogP contribution is -2.46. The van der Waals surface area contributed by atoms with Crippen molar-refractivity contribution in [3.63, 3.8) is 0 Å². The smallest absolute Gasteiger partial charge is 0.336 e. The highest BCUT2D eigenvalue weighted by Crippen LogP contribution is 2.44. The maximum atomic E-state index is 13.7. The van der Waals surface area contributed by atoms with E-state index in [4.69, 9.17) is 25.2 Å². The normalized spacial score (nSPS) is 16.9. The number of aromatic nitrogens is 1. The van der Waals surface area contributed by atoms with Gasteiger partial charge in [-0.25, -0.2) is 14.2 Å². The van der Waals surface area contributed by atoms with E-state index in [-0.39, 0.29) is 23.2 Å². The molecule has 1 aromatic heterocycles. The van der Waals surface area contributed by atoms with Crippen LogP contribution >= 0.6 is 11.3 Å². The lowest BCUT2D eigenvalue weighted by atomic mass is 9.83. The van der Waals surface area contributed by atoms with Crippen molar-refractivity contribution in [3.8, 4) is 0 Å². The molecule has 1 atom stereocenters. The quantitative estimate of drug-likeness (QED) is 0.273. The molecule has 0 aliphatic carbocycles. The zero-order chi connectivity index (χ0) is 29.5. The van der Waals surface area contributed by atoms with E-state index in [1.165, 1.54) is 6.07 Å². The average Bonchev–Trinajstić information content (AvgIpc) is 3.52. The number of nitrogens with zero attached hydrogens (tertiary/aromatic N) is 2. The van der Waals surface area contributed by atoms with Crippen LogP contribution in [0.25, 0.3) is 0 Å². The summed E-state index contributed by atoms with van der Waals surface area (Å²) in [5.74, 6) is -5.30. The summed E-state index contributed by atoms with van der Waals surface area (Å²) in [6.45, 7) is 2.92. The molecule has 4 rings (SSSR count). The molecule has 1 saturated heterocycles. The Morgan fingerprint density at radius 3 is 2.35 bits per heavy atom. The number of nitrogens with one attached hydrogen (secondary N) is 1. The Morgan fingerprint density at radius 2 is 1.82 bits per heavy atom. The third-order valence-corrected chi connectivity index (χ3v) is 7.69. The van der Waals surface area contributed by atoms with Crippen LogP contribution in [0, 0.1) is 11.7 Å². The molecule has 0 radical (unpaired) electrons. The van der Waals surface area contributed by atoms with E-state index in [2.05, 4.69) is 15.2 Å². The first-order valence-electron chi connectivity index (χ1n) is 12.5. The van der Waals surface area contributed by atoms with E-state index in [0.29, 0.717) is 19.6 Å². The molecule has 1 aromatic carbocycles. The van der Waals surface area contributed by atoms with Gasteiger partial charge < -0.3 is 35.4 Å². The van der Waals surface area contributed by atoms with Crippen LogP contribution < -0.4 is 5.32 Å². The van der Waals surface area contributed by atoms with Gasteiger partial charge in [-0.3, -0.25) is 14.4 Å². The summed E-state index contributed by atoms with van der Waals surface area (Å²) in [5.41, 5.74) is 1.76. The summed E-state index contributed by atoms with van der Waals surface area (Å²) < 4.78 is 19.9. The molecule has 2 aliphatic heterocycles. The fourth-order valence-electron chi connectivity index (χ4n) is 4.96. The standard InChI is InChI=1S/C20H24FN3O2S.C6H8O7/c1-22-19(25)15(8-17-12-27-13-23-17)10-24-6-4-20(5-7-24)18-9-16(21)3-2-14(18)11-26-20;7-3(8)1-6(13,5(11)12)2-4(9)10/h2-3,9,12-13,15H,4-8,10-11H2,1H3,(H,22,25);13H,1-2H2,(H,7,8)(H,9,10)(H,11,12). The number of rotatable bonds is 10. The number of carbonyl (C=O) groups excluding carboxylic acids is 1. The van der Waals surface area contributed by atoms with Gasteiger partial charge in [-0.05, 0) is 36.1 Å². The monoisotopic (exact) mass is 581 g/mol. The minimum Gasteiger partial charge on any atom is -0.481 e. The Hall–Kier alpha value is -3.46. The molecule has 1 spiro atoms. The third-order valence-electron chi connectivity index (χ3n) is 7.05. The summed E-state index contributed by atoms with van der Waals surface area (Å²) in [4.78, 5) is 49.5. The Labute approximate surface area is 233 Å². The van der Waals surface area contributed by atoms with Crippen molar-refractivity contribution in [3.05, 3.63) is 51.7 Å². The van der Waals surface area contributed by atoms with Gasteiger partial charge in [0.25, 0.3) is 0 Å². The molecule has 0 saturated carbocycles. The lowest BCUT2D eigenvalue weighted by Gasteiger charge is -2.40. The van der Waals surface area contributed by atoms with E-state index in [9.17, 15) is 23.6 Å². The van der Waals surface area contributed by atoms with Gasteiger partial charge >= 0.3 is 17.9 Å². The third kappa shape index (κ3) is 7.81. The van der Waals surface area contributed by atoms with Crippen molar-refractivity contribution in [2.45, 2.75) is 49.9 Å². The van der Waals surface area contributed by atoms with Gasteiger partial charge in [0.05, 0.1) is 42.2 Å². The van der Waals surface area contributed by atoms with E-state index < -0.39 is 36.4 Å². The molecule has 1 amide bonds. The van der Waals surface area contributed by atoms with Crippen molar-refractivity contribution in [1.82, 2.24) is 15.2 Å². The fourth-order valence-corrected chi connectivity index (χ4v) is 5.53. The predicted molar refractivity (Wildman–Crippen MR) is 139 cm³/mol. The van der Waals surface area contributed by atoms with E-state index in [1.54, 1.807) is 30.0 Å². The summed E-state index contributed by atoms with van der Waals surface area (Å²) in [6.07, 6.45) is -0.000135. The molecule has 5 N–H and O–H groups in total. The number of carbonyl (C=O) groups is 4. The molecular formula is C26H32FN3O9S. The van der Waals surface area contributed by atoms with E-state index >= 15 is 0 Å². The van der Waals surface area contributed by atoms with Crippen molar-refractivity contribution in [2.24, 2.45) is 5.92 Å². The Morgan fingerprint density at radius 1 is 1.18 bits per heavy atom. The second kappa shape index (κ2) is 13.3. The topological polar surface area (TPSA) is 187 Å². The zero-order valence-corrected chi connectivity index (χ0v) is 22.7. The summed E-state index contributed by atoms with van der Waals surface area (Å²) >= 11 is 1.55. The van der Waals surface area contributed by atoms with Gasteiger partial charge in [-0.2, -0.15) is 0 Å². The number of aliphatic carboxylic acids is 3. The molecule has 1 unspecified atom stereocenters. The van der Waals surface area contributed by atoms with Crippen LogP contribution in [0.3, 0.4) is 0 Å².